The number of aromatic nitrogens is 1. The highest BCUT2D eigenvalue weighted by molar-refractivity contribution is 8.02. The standard InChI is InChI=1S/C25H19ClN2O3S/c1-2-31-24(30)25(23(29)27-20-8-3-4-9-21(20)32-25)22-19(16-10-12-17(26)13-11-16)15-18-7-5-6-14-28(18)22/h3-15H,2H2,1H3,(H,27,29). The quantitative estimate of drug-likeness (QED) is 0.309. The van der Waals surface area contributed by atoms with Crippen LogP contribution in [0.3, 0.4) is 0 Å². The van der Waals surface area contributed by atoms with Gasteiger partial charge in [-0.25, -0.2) is 4.79 Å². The van der Waals surface area contributed by atoms with Crippen molar-refractivity contribution in [3.63, 3.8) is 0 Å². The lowest BCUT2D eigenvalue weighted by Gasteiger charge is -2.35. The molecule has 0 fully saturated rings. The van der Waals surface area contributed by atoms with Gasteiger partial charge in [0.2, 0.25) is 4.75 Å². The number of fused-ring (bicyclic) bond motifs is 2. The molecule has 1 unspecified atom stereocenters. The number of carbonyl (C=O) groups excluding carboxylic acids is 2. The first-order valence-corrected chi connectivity index (χ1v) is 11.4. The Kier molecular flexibility index (Phi) is 5.19. The van der Waals surface area contributed by atoms with Gasteiger partial charge in [-0.05, 0) is 55.0 Å². The summed E-state index contributed by atoms with van der Waals surface area (Å²) in [6, 6.07) is 22.5. The van der Waals surface area contributed by atoms with Gasteiger partial charge in [-0.2, -0.15) is 0 Å². The van der Waals surface area contributed by atoms with E-state index in [4.69, 9.17) is 16.3 Å². The molecule has 160 valence electrons. The second-order valence-corrected chi connectivity index (χ2v) is 9.06. The summed E-state index contributed by atoms with van der Waals surface area (Å²) in [5.41, 5.74) is 3.71. The van der Waals surface area contributed by atoms with E-state index in [1.165, 1.54) is 11.8 Å². The van der Waals surface area contributed by atoms with Gasteiger partial charge in [-0.15, -0.1) is 0 Å². The molecule has 5 rings (SSSR count). The molecule has 1 amide bonds. The van der Waals surface area contributed by atoms with Gasteiger partial charge in [0.25, 0.3) is 5.91 Å². The van der Waals surface area contributed by atoms with Crippen LogP contribution in [-0.2, 0) is 19.1 Å². The van der Waals surface area contributed by atoms with Crippen LogP contribution in [0, 0.1) is 0 Å². The second-order valence-electron chi connectivity index (χ2n) is 7.36. The molecule has 2 aromatic carbocycles. The van der Waals surface area contributed by atoms with E-state index in [-0.39, 0.29) is 6.61 Å². The molecule has 4 aromatic rings. The number of thioether (sulfide) groups is 1. The number of para-hydroxylation sites is 1. The Morgan fingerprint density at radius 3 is 2.62 bits per heavy atom. The summed E-state index contributed by atoms with van der Waals surface area (Å²) in [5.74, 6) is -1.03. The summed E-state index contributed by atoms with van der Waals surface area (Å²) < 4.78 is 5.76. The largest absolute Gasteiger partial charge is 0.464 e. The Labute approximate surface area is 194 Å². The van der Waals surface area contributed by atoms with Gasteiger partial charge >= 0.3 is 5.97 Å². The highest BCUT2D eigenvalue weighted by Crippen LogP contribution is 2.52. The van der Waals surface area contributed by atoms with Gasteiger partial charge in [-0.1, -0.05) is 53.7 Å². The third-order valence-electron chi connectivity index (χ3n) is 5.45. The maximum Gasteiger partial charge on any atom is 0.338 e. The zero-order chi connectivity index (χ0) is 22.3. The zero-order valence-electron chi connectivity index (χ0n) is 17.2. The Balaban J connectivity index is 1.84. The average molecular weight is 463 g/mol. The number of halogens is 1. The molecule has 1 aliphatic rings. The van der Waals surface area contributed by atoms with E-state index >= 15 is 0 Å². The number of carbonyl (C=O) groups is 2. The maximum absolute atomic E-state index is 13.7. The molecule has 0 saturated carbocycles. The van der Waals surface area contributed by atoms with Crippen LogP contribution < -0.4 is 5.32 Å². The van der Waals surface area contributed by atoms with Crippen molar-refractivity contribution in [1.82, 2.24) is 4.40 Å². The van der Waals surface area contributed by atoms with Crippen molar-refractivity contribution < 1.29 is 14.3 Å². The average Bonchev–Trinajstić information content (AvgIpc) is 3.19. The Bertz CT molecular complexity index is 1350. The van der Waals surface area contributed by atoms with Crippen molar-refractivity contribution in [1.29, 1.82) is 0 Å². The first-order chi connectivity index (χ1) is 15.5. The molecule has 1 aliphatic heterocycles. The van der Waals surface area contributed by atoms with E-state index in [9.17, 15) is 9.59 Å². The van der Waals surface area contributed by atoms with Gasteiger partial charge in [0.1, 0.15) is 0 Å². The lowest BCUT2D eigenvalue weighted by atomic mass is 9.95. The van der Waals surface area contributed by atoms with Gasteiger partial charge in [0.05, 0.1) is 18.0 Å². The number of nitrogens with one attached hydrogen (secondary N) is 1. The number of pyridine rings is 1. The SMILES string of the molecule is CCOC(=O)C1(c2c(-c3ccc(Cl)cc3)cc3ccccn23)Sc2ccccc2NC1=O. The van der Waals surface area contributed by atoms with Crippen molar-refractivity contribution in [2.24, 2.45) is 0 Å². The Morgan fingerprint density at radius 2 is 1.84 bits per heavy atom. The molecule has 7 heteroatoms. The van der Waals surface area contributed by atoms with Crippen molar-refractivity contribution >= 4 is 46.4 Å². The number of ether oxygens (including phenoxy) is 1. The lowest BCUT2D eigenvalue weighted by Crippen LogP contribution is -2.48. The minimum Gasteiger partial charge on any atom is -0.464 e. The van der Waals surface area contributed by atoms with Gasteiger partial charge < -0.3 is 14.5 Å². The van der Waals surface area contributed by atoms with Crippen molar-refractivity contribution in [3.05, 3.63) is 89.7 Å². The number of nitrogens with zero attached hydrogens (tertiary/aromatic N) is 1. The summed E-state index contributed by atoms with van der Waals surface area (Å²) in [5, 5.41) is 3.55. The van der Waals surface area contributed by atoms with Gasteiger partial charge in [-0.3, -0.25) is 4.79 Å². The van der Waals surface area contributed by atoms with E-state index in [1.807, 2.05) is 71.3 Å². The molecular formula is C25H19ClN2O3S. The maximum atomic E-state index is 13.7. The van der Waals surface area contributed by atoms with E-state index in [1.54, 1.807) is 19.1 Å². The van der Waals surface area contributed by atoms with Gasteiger partial charge in [0, 0.05) is 27.2 Å². The highest BCUT2D eigenvalue weighted by Gasteiger charge is 2.56. The molecule has 5 nitrogen and oxygen atoms in total. The number of esters is 1. The number of hydrogen-bond donors (Lipinski definition) is 1. The predicted molar refractivity (Wildman–Crippen MR) is 127 cm³/mol. The molecule has 3 heterocycles. The summed E-state index contributed by atoms with van der Waals surface area (Å²) in [4.78, 5) is 28.1. The molecule has 0 bridgehead atoms. The van der Waals surface area contributed by atoms with E-state index in [0.29, 0.717) is 16.4 Å². The third kappa shape index (κ3) is 3.18. The minimum absolute atomic E-state index is 0.162. The first-order valence-electron chi connectivity index (χ1n) is 10.2. The number of benzene rings is 2. The fourth-order valence-electron chi connectivity index (χ4n) is 4.03. The van der Waals surface area contributed by atoms with Crippen LogP contribution in [0.2, 0.25) is 5.02 Å². The number of rotatable bonds is 4. The lowest BCUT2D eigenvalue weighted by molar-refractivity contribution is -0.149. The molecular weight excluding hydrogens is 444 g/mol. The Morgan fingerprint density at radius 1 is 1.09 bits per heavy atom. The van der Waals surface area contributed by atoms with E-state index in [0.717, 1.165) is 21.5 Å². The van der Waals surface area contributed by atoms with Crippen LogP contribution >= 0.6 is 23.4 Å². The molecule has 1 N–H and O–H groups in total. The van der Waals surface area contributed by atoms with Crippen LogP contribution in [0.1, 0.15) is 12.6 Å². The zero-order valence-corrected chi connectivity index (χ0v) is 18.7. The van der Waals surface area contributed by atoms with Crippen molar-refractivity contribution in [2.75, 3.05) is 11.9 Å². The van der Waals surface area contributed by atoms with Crippen molar-refractivity contribution in [2.45, 2.75) is 16.6 Å². The third-order valence-corrected chi connectivity index (χ3v) is 7.13. The normalized spacial score (nSPS) is 17.6. The summed E-state index contributed by atoms with van der Waals surface area (Å²) >= 11 is 7.33. The second kappa shape index (κ2) is 8.04. The smallest absolute Gasteiger partial charge is 0.338 e. The number of anilines is 1. The predicted octanol–water partition coefficient (Wildman–Crippen LogP) is 5.76. The summed E-state index contributed by atoms with van der Waals surface area (Å²) in [7, 11) is 0. The molecule has 0 aliphatic carbocycles. The monoisotopic (exact) mass is 462 g/mol. The van der Waals surface area contributed by atoms with Crippen LogP contribution in [-0.4, -0.2) is 22.9 Å². The Hall–Kier alpha value is -3.22. The van der Waals surface area contributed by atoms with Crippen LogP contribution in [0.25, 0.3) is 16.6 Å². The van der Waals surface area contributed by atoms with Crippen LogP contribution in [0.4, 0.5) is 5.69 Å². The number of amides is 1. The molecule has 2 aromatic heterocycles. The number of hydrogen-bond acceptors (Lipinski definition) is 4. The van der Waals surface area contributed by atoms with Crippen LogP contribution in [0.5, 0.6) is 0 Å². The fraction of sp³-hybridized carbons (Fsp3) is 0.120. The fourth-order valence-corrected chi connectivity index (χ4v) is 5.45. The minimum atomic E-state index is -1.63. The summed E-state index contributed by atoms with van der Waals surface area (Å²) in [6.07, 6.45) is 1.86. The molecule has 0 spiro atoms. The van der Waals surface area contributed by atoms with Crippen LogP contribution in [0.15, 0.2) is 83.9 Å². The molecule has 32 heavy (non-hydrogen) atoms. The van der Waals surface area contributed by atoms with E-state index in [2.05, 4.69) is 5.32 Å². The molecule has 1 atom stereocenters. The molecule has 0 saturated heterocycles. The van der Waals surface area contributed by atoms with Crippen molar-refractivity contribution in [3.8, 4) is 11.1 Å². The van der Waals surface area contributed by atoms with E-state index < -0.39 is 16.6 Å². The summed E-state index contributed by atoms with van der Waals surface area (Å²) in [6.45, 7) is 1.90. The molecule has 0 radical (unpaired) electrons. The topological polar surface area (TPSA) is 59.8 Å². The van der Waals surface area contributed by atoms with Gasteiger partial charge in [0.15, 0.2) is 0 Å². The first kappa shape index (κ1) is 20.7. The highest BCUT2D eigenvalue weighted by atomic mass is 35.5.